The Hall–Kier alpha value is -2.12. The molecule has 0 bridgehead atoms. The standard InChI is InChI=1S/C18H21N3O4/c1-11-19-20-18(25-11)5-13-9-22-17-8-21(7-14(13)17)6-12-2-3-15-16(4-12)24-10-23-15/h2-4,13-14,17H,5-10H2,1H3/t13-,14+,17+/m1/s1. The van der Waals surface area contributed by atoms with Crippen LogP contribution in [0.2, 0.25) is 0 Å². The first-order valence-corrected chi connectivity index (χ1v) is 8.76. The minimum Gasteiger partial charge on any atom is -0.454 e. The van der Waals surface area contributed by atoms with Gasteiger partial charge in [-0.2, -0.15) is 0 Å². The second-order valence-corrected chi connectivity index (χ2v) is 7.10. The van der Waals surface area contributed by atoms with Crippen molar-refractivity contribution in [2.24, 2.45) is 11.8 Å². The maximum absolute atomic E-state index is 6.03. The van der Waals surface area contributed by atoms with Crippen molar-refractivity contribution in [3.05, 3.63) is 35.5 Å². The second kappa shape index (κ2) is 6.00. The molecule has 3 aliphatic heterocycles. The van der Waals surface area contributed by atoms with Gasteiger partial charge in [0.15, 0.2) is 11.5 Å². The third-order valence-corrected chi connectivity index (χ3v) is 5.36. The highest BCUT2D eigenvalue weighted by atomic mass is 16.7. The molecule has 7 heteroatoms. The van der Waals surface area contributed by atoms with Crippen molar-refractivity contribution in [1.82, 2.24) is 15.1 Å². The highest BCUT2D eigenvalue weighted by molar-refractivity contribution is 5.44. The van der Waals surface area contributed by atoms with E-state index in [-0.39, 0.29) is 0 Å². The maximum atomic E-state index is 6.03. The van der Waals surface area contributed by atoms with E-state index in [0.29, 0.717) is 30.6 Å². The van der Waals surface area contributed by atoms with Crippen molar-refractivity contribution in [1.29, 1.82) is 0 Å². The summed E-state index contributed by atoms with van der Waals surface area (Å²) in [5, 5.41) is 8.06. The van der Waals surface area contributed by atoms with Crippen LogP contribution in [0.25, 0.3) is 0 Å². The van der Waals surface area contributed by atoms with E-state index >= 15 is 0 Å². The molecule has 2 fully saturated rings. The monoisotopic (exact) mass is 343 g/mol. The Labute approximate surface area is 145 Å². The summed E-state index contributed by atoms with van der Waals surface area (Å²) in [5.74, 6) is 4.01. The van der Waals surface area contributed by atoms with E-state index in [0.717, 1.165) is 50.1 Å². The van der Waals surface area contributed by atoms with Crippen LogP contribution >= 0.6 is 0 Å². The van der Waals surface area contributed by atoms with E-state index in [1.807, 2.05) is 13.0 Å². The number of nitrogens with zero attached hydrogens (tertiary/aromatic N) is 3. The molecule has 25 heavy (non-hydrogen) atoms. The Bertz CT molecular complexity index is 777. The normalized spacial score (nSPS) is 27.8. The van der Waals surface area contributed by atoms with Crippen molar-refractivity contribution in [2.75, 3.05) is 26.5 Å². The average molecular weight is 343 g/mol. The van der Waals surface area contributed by atoms with Crippen LogP contribution in [0.5, 0.6) is 11.5 Å². The molecule has 5 rings (SSSR count). The van der Waals surface area contributed by atoms with Crippen LogP contribution in [0.1, 0.15) is 17.3 Å². The van der Waals surface area contributed by atoms with Gasteiger partial charge < -0.3 is 18.6 Å². The lowest BCUT2D eigenvalue weighted by molar-refractivity contribution is 0.0936. The van der Waals surface area contributed by atoms with Gasteiger partial charge in [-0.15, -0.1) is 10.2 Å². The average Bonchev–Trinajstić information content (AvgIpc) is 3.34. The molecule has 0 radical (unpaired) electrons. The maximum Gasteiger partial charge on any atom is 0.231 e. The highest BCUT2D eigenvalue weighted by Gasteiger charge is 2.44. The molecule has 0 amide bonds. The summed E-state index contributed by atoms with van der Waals surface area (Å²) in [7, 11) is 0. The zero-order valence-corrected chi connectivity index (χ0v) is 14.2. The van der Waals surface area contributed by atoms with Crippen LogP contribution in [0.3, 0.4) is 0 Å². The number of benzene rings is 1. The lowest BCUT2D eigenvalue weighted by Crippen LogP contribution is -2.24. The van der Waals surface area contributed by atoms with E-state index in [1.54, 1.807) is 0 Å². The minimum absolute atomic E-state index is 0.308. The second-order valence-electron chi connectivity index (χ2n) is 7.10. The fourth-order valence-electron chi connectivity index (χ4n) is 4.16. The van der Waals surface area contributed by atoms with Crippen molar-refractivity contribution >= 4 is 0 Å². The number of fused-ring (bicyclic) bond motifs is 2. The molecule has 1 aromatic carbocycles. The van der Waals surface area contributed by atoms with Crippen LogP contribution in [-0.2, 0) is 17.7 Å². The number of rotatable bonds is 4. The Kier molecular flexibility index (Phi) is 3.64. The van der Waals surface area contributed by atoms with Gasteiger partial charge in [0.05, 0.1) is 12.7 Å². The van der Waals surface area contributed by atoms with Gasteiger partial charge in [-0.25, -0.2) is 0 Å². The first-order valence-electron chi connectivity index (χ1n) is 8.76. The van der Waals surface area contributed by atoms with Crippen LogP contribution < -0.4 is 9.47 Å². The largest absolute Gasteiger partial charge is 0.454 e. The predicted octanol–water partition coefficient (Wildman–Crippen LogP) is 1.80. The summed E-state index contributed by atoms with van der Waals surface area (Å²) >= 11 is 0. The molecule has 2 saturated heterocycles. The zero-order chi connectivity index (χ0) is 16.8. The molecular formula is C18H21N3O4. The molecule has 2 aromatic rings. The number of hydrogen-bond acceptors (Lipinski definition) is 7. The Morgan fingerprint density at radius 1 is 1.16 bits per heavy atom. The molecule has 132 valence electrons. The van der Waals surface area contributed by atoms with Gasteiger partial charge in [0, 0.05) is 38.9 Å². The van der Waals surface area contributed by atoms with Gasteiger partial charge >= 0.3 is 0 Å². The van der Waals surface area contributed by atoms with Crippen LogP contribution in [0, 0.1) is 18.8 Å². The first kappa shape index (κ1) is 15.2. The molecule has 0 N–H and O–H groups in total. The lowest BCUT2D eigenvalue weighted by atomic mass is 9.90. The van der Waals surface area contributed by atoms with Gasteiger partial charge in [-0.3, -0.25) is 4.90 Å². The van der Waals surface area contributed by atoms with E-state index in [4.69, 9.17) is 18.6 Å². The number of likely N-dealkylation sites (tertiary alicyclic amines) is 1. The summed E-state index contributed by atoms with van der Waals surface area (Å²) < 4.78 is 22.4. The van der Waals surface area contributed by atoms with Crippen molar-refractivity contribution in [3.8, 4) is 11.5 Å². The lowest BCUT2D eigenvalue weighted by Gasteiger charge is -2.19. The third kappa shape index (κ3) is 2.87. The van der Waals surface area contributed by atoms with E-state index < -0.39 is 0 Å². The molecule has 0 spiro atoms. The predicted molar refractivity (Wildman–Crippen MR) is 87.3 cm³/mol. The summed E-state index contributed by atoms with van der Waals surface area (Å²) in [6, 6.07) is 6.18. The van der Waals surface area contributed by atoms with Gasteiger partial charge in [0.1, 0.15) is 0 Å². The minimum atomic E-state index is 0.308. The van der Waals surface area contributed by atoms with Gasteiger partial charge in [-0.05, 0) is 23.6 Å². The number of hydrogen-bond donors (Lipinski definition) is 0. The molecule has 0 saturated carbocycles. The molecule has 7 nitrogen and oxygen atoms in total. The fraction of sp³-hybridized carbons (Fsp3) is 0.556. The van der Waals surface area contributed by atoms with Gasteiger partial charge in [0.2, 0.25) is 18.6 Å². The van der Waals surface area contributed by atoms with Crippen molar-refractivity contribution in [2.45, 2.75) is 26.0 Å². The summed E-state index contributed by atoms with van der Waals surface area (Å²) in [4.78, 5) is 2.46. The molecule has 0 aliphatic carbocycles. The topological polar surface area (TPSA) is 69.9 Å². The van der Waals surface area contributed by atoms with Crippen molar-refractivity contribution < 1.29 is 18.6 Å². The van der Waals surface area contributed by atoms with Crippen LogP contribution in [-0.4, -0.2) is 47.7 Å². The third-order valence-electron chi connectivity index (χ3n) is 5.36. The van der Waals surface area contributed by atoms with Crippen LogP contribution in [0.15, 0.2) is 22.6 Å². The van der Waals surface area contributed by atoms with E-state index in [1.165, 1.54) is 5.56 Å². The van der Waals surface area contributed by atoms with Gasteiger partial charge in [0.25, 0.3) is 0 Å². The highest BCUT2D eigenvalue weighted by Crippen LogP contribution is 2.37. The fourth-order valence-corrected chi connectivity index (χ4v) is 4.16. The van der Waals surface area contributed by atoms with Gasteiger partial charge in [-0.1, -0.05) is 6.07 Å². The molecule has 3 atom stereocenters. The molecule has 3 aliphatic rings. The number of ether oxygens (including phenoxy) is 3. The smallest absolute Gasteiger partial charge is 0.231 e. The molecular weight excluding hydrogens is 322 g/mol. The Balaban J connectivity index is 1.23. The Morgan fingerprint density at radius 2 is 2.08 bits per heavy atom. The number of aromatic nitrogens is 2. The molecule has 1 aromatic heterocycles. The van der Waals surface area contributed by atoms with Crippen LogP contribution in [0.4, 0.5) is 0 Å². The van der Waals surface area contributed by atoms with E-state index in [2.05, 4.69) is 27.2 Å². The quantitative estimate of drug-likeness (QED) is 0.838. The summed E-state index contributed by atoms with van der Waals surface area (Å²) in [6.07, 6.45) is 1.11. The zero-order valence-electron chi connectivity index (χ0n) is 14.2. The Morgan fingerprint density at radius 3 is 2.96 bits per heavy atom. The first-order chi connectivity index (χ1) is 12.2. The summed E-state index contributed by atoms with van der Waals surface area (Å²) in [6.45, 7) is 5.84. The molecule has 0 unspecified atom stereocenters. The van der Waals surface area contributed by atoms with E-state index in [9.17, 15) is 0 Å². The van der Waals surface area contributed by atoms with Crippen molar-refractivity contribution in [3.63, 3.8) is 0 Å². The number of aryl methyl sites for hydroxylation is 1. The SMILES string of the molecule is Cc1nnc(C[C@@H]2CO[C@H]3CN(Cc4ccc5c(c4)OCO5)C[C@@H]23)o1. The molecule has 4 heterocycles. The summed E-state index contributed by atoms with van der Waals surface area (Å²) in [5.41, 5.74) is 1.24.